The molecule has 1 atom stereocenters. The highest BCUT2D eigenvalue weighted by Gasteiger charge is 2.62. The van der Waals surface area contributed by atoms with E-state index in [1.807, 2.05) is 0 Å². The first-order valence-corrected chi connectivity index (χ1v) is 5.05. The van der Waals surface area contributed by atoms with Crippen LogP contribution in [0.2, 0.25) is 0 Å². The Labute approximate surface area is 101 Å². The van der Waals surface area contributed by atoms with Crippen molar-refractivity contribution in [1.29, 1.82) is 0 Å². The van der Waals surface area contributed by atoms with Gasteiger partial charge in [-0.2, -0.15) is 22.0 Å². The predicted octanol–water partition coefficient (Wildman–Crippen LogP) is 3.35. The van der Waals surface area contributed by atoms with Crippen molar-refractivity contribution in [3.8, 4) is 5.75 Å². The molecule has 1 rings (SSSR count). The molecule has 0 spiro atoms. The number of rotatable bonds is 2. The summed E-state index contributed by atoms with van der Waals surface area (Å²) < 4.78 is 62.3. The van der Waals surface area contributed by atoms with Crippen LogP contribution in [0.5, 0.6) is 5.75 Å². The molecule has 0 heterocycles. The zero-order valence-corrected chi connectivity index (χ0v) is 9.69. The van der Waals surface area contributed by atoms with Gasteiger partial charge in [-0.1, -0.05) is 22.0 Å². The van der Waals surface area contributed by atoms with Crippen LogP contribution in [-0.4, -0.2) is 17.2 Å². The van der Waals surface area contributed by atoms with E-state index in [4.69, 9.17) is 5.73 Å². The molecule has 0 radical (unpaired) electrons. The summed E-state index contributed by atoms with van der Waals surface area (Å²) in [7, 11) is 0. The Morgan fingerprint density at radius 3 is 2.12 bits per heavy atom. The molecule has 0 fully saturated rings. The first kappa shape index (κ1) is 14.2. The fraction of sp³-hybridized carbons (Fsp3) is 0.333. The Morgan fingerprint density at radius 1 is 1.18 bits per heavy atom. The van der Waals surface area contributed by atoms with Crippen LogP contribution in [0, 0.1) is 0 Å². The summed E-state index contributed by atoms with van der Waals surface area (Å²) in [5.41, 5.74) is 4.19. The van der Waals surface area contributed by atoms with Crippen LogP contribution in [-0.2, 0) is 0 Å². The number of hydrogen-bond acceptors (Lipinski definition) is 2. The molecule has 0 aliphatic carbocycles. The largest absolute Gasteiger partial charge is 0.508 e. The molecule has 0 aliphatic heterocycles. The highest BCUT2D eigenvalue weighted by Crippen LogP contribution is 2.45. The SMILES string of the molecule is N[C@@H](c1ccc(Br)cc1O)C(F)(F)C(F)(F)F. The Balaban J connectivity index is 3.17. The van der Waals surface area contributed by atoms with Crippen LogP contribution in [0.4, 0.5) is 22.0 Å². The minimum atomic E-state index is -5.77. The average Bonchev–Trinajstić information content (AvgIpc) is 2.14. The van der Waals surface area contributed by atoms with E-state index in [9.17, 15) is 27.1 Å². The first-order chi connectivity index (χ1) is 7.57. The van der Waals surface area contributed by atoms with Gasteiger partial charge in [0.15, 0.2) is 0 Å². The van der Waals surface area contributed by atoms with Crippen molar-refractivity contribution < 1.29 is 27.1 Å². The molecule has 0 aliphatic rings. The van der Waals surface area contributed by atoms with Crippen molar-refractivity contribution in [3.63, 3.8) is 0 Å². The number of alkyl halides is 5. The van der Waals surface area contributed by atoms with E-state index >= 15 is 0 Å². The molecular weight excluding hydrogens is 313 g/mol. The van der Waals surface area contributed by atoms with Crippen LogP contribution >= 0.6 is 15.9 Å². The normalized spacial score (nSPS) is 14.8. The van der Waals surface area contributed by atoms with Gasteiger partial charge >= 0.3 is 12.1 Å². The second-order valence-corrected chi connectivity index (χ2v) is 4.22. The lowest BCUT2D eigenvalue weighted by molar-refractivity contribution is -0.291. The second-order valence-electron chi connectivity index (χ2n) is 3.30. The molecular formula is C9H7BrF5NO. The zero-order valence-electron chi connectivity index (χ0n) is 8.10. The van der Waals surface area contributed by atoms with E-state index in [1.165, 1.54) is 6.07 Å². The van der Waals surface area contributed by atoms with Crippen LogP contribution in [0.3, 0.4) is 0 Å². The minimum Gasteiger partial charge on any atom is -0.508 e. The molecule has 0 unspecified atom stereocenters. The van der Waals surface area contributed by atoms with Crippen molar-refractivity contribution >= 4 is 15.9 Å². The molecule has 3 N–H and O–H groups in total. The summed E-state index contributed by atoms with van der Waals surface area (Å²) in [5, 5.41) is 9.28. The summed E-state index contributed by atoms with van der Waals surface area (Å²) in [6.07, 6.45) is -5.77. The molecule has 1 aromatic carbocycles. The predicted molar refractivity (Wildman–Crippen MR) is 53.7 cm³/mol. The number of nitrogens with two attached hydrogens (primary N) is 1. The van der Waals surface area contributed by atoms with Gasteiger partial charge < -0.3 is 10.8 Å². The third kappa shape index (κ3) is 2.68. The molecule has 96 valence electrons. The molecule has 0 bridgehead atoms. The van der Waals surface area contributed by atoms with E-state index in [0.29, 0.717) is 4.47 Å². The van der Waals surface area contributed by atoms with Crippen LogP contribution in [0.15, 0.2) is 22.7 Å². The highest BCUT2D eigenvalue weighted by atomic mass is 79.9. The fourth-order valence-corrected chi connectivity index (χ4v) is 1.50. The summed E-state index contributed by atoms with van der Waals surface area (Å²) >= 11 is 2.92. The maximum Gasteiger partial charge on any atom is 0.455 e. The first-order valence-electron chi connectivity index (χ1n) is 4.26. The van der Waals surface area contributed by atoms with Gasteiger partial charge in [0.05, 0.1) is 0 Å². The van der Waals surface area contributed by atoms with Gasteiger partial charge in [-0.3, -0.25) is 0 Å². The van der Waals surface area contributed by atoms with Crippen molar-refractivity contribution in [1.82, 2.24) is 0 Å². The van der Waals surface area contributed by atoms with Gasteiger partial charge in [0, 0.05) is 10.0 Å². The average molecular weight is 320 g/mol. The van der Waals surface area contributed by atoms with E-state index in [1.54, 1.807) is 0 Å². The van der Waals surface area contributed by atoms with E-state index in [-0.39, 0.29) is 0 Å². The number of halogens is 6. The number of phenolic OH excluding ortho intramolecular Hbond substituents is 1. The zero-order chi connectivity index (χ0) is 13.4. The lowest BCUT2D eigenvalue weighted by Crippen LogP contribution is -2.45. The maximum absolute atomic E-state index is 12.9. The Morgan fingerprint density at radius 2 is 1.71 bits per heavy atom. The van der Waals surface area contributed by atoms with Crippen LogP contribution in [0.1, 0.15) is 11.6 Å². The third-order valence-electron chi connectivity index (χ3n) is 2.10. The van der Waals surface area contributed by atoms with Gasteiger partial charge in [0.1, 0.15) is 11.8 Å². The molecule has 17 heavy (non-hydrogen) atoms. The second kappa shape index (κ2) is 4.41. The standard InChI is InChI=1S/C9H7BrF5NO/c10-4-1-2-5(6(17)3-4)7(16)8(11,12)9(13,14)15/h1-3,7,17H,16H2/t7-/m0/s1. The number of phenols is 1. The molecule has 0 aromatic heterocycles. The summed E-state index contributed by atoms with van der Waals surface area (Å²) in [6.45, 7) is 0. The van der Waals surface area contributed by atoms with Gasteiger partial charge in [-0.15, -0.1) is 0 Å². The Hall–Kier alpha value is -0.890. The van der Waals surface area contributed by atoms with Gasteiger partial charge in [-0.25, -0.2) is 0 Å². The van der Waals surface area contributed by atoms with Gasteiger partial charge in [0.2, 0.25) is 0 Å². The van der Waals surface area contributed by atoms with Crippen molar-refractivity contribution in [2.75, 3.05) is 0 Å². The quantitative estimate of drug-likeness (QED) is 0.821. The van der Waals surface area contributed by atoms with Gasteiger partial charge in [-0.05, 0) is 12.1 Å². The van der Waals surface area contributed by atoms with Crippen LogP contribution < -0.4 is 5.73 Å². The highest BCUT2D eigenvalue weighted by molar-refractivity contribution is 9.10. The van der Waals surface area contributed by atoms with E-state index in [2.05, 4.69) is 15.9 Å². The number of benzene rings is 1. The Kier molecular flexibility index (Phi) is 3.68. The molecule has 8 heteroatoms. The van der Waals surface area contributed by atoms with Crippen molar-refractivity contribution in [3.05, 3.63) is 28.2 Å². The smallest absolute Gasteiger partial charge is 0.455 e. The molecule has 0 saturated carbocycles. The summed E-state index contributed by atoms with van der Waals surface area (Å²) in [6, 6.07) is 0.447. The number of aromatic hydroxyl groups is 1. The van der Waals surface area contributed by atoms with Gasteiger partial charge in [0.25, 0.3) is 0 Å². The monoisotopic (exact) mass is 319 g/mol. The summed E-state index contributed by atoms with van der Waals surface area (Å²) in [5.74, 6) is -5.84. The van der Waals surface area contributed by atoms with Crippen LogP contribution in [0.25, 0.3) is 0 Å². The van der Waals surface area contributed by atoms with E-state index < -0.39 is 29.5 Å². The minimum absolute atomic E-state index is 0.335. The molecule has 0 saturated heterocycles. The molecule has 0 amide bonds. The number of hydrogen-bond donors (Lipinski definition) is 2. The molecule has 1 aromatic rings. The summed E-state index contributed by atoms with van der Waals surface area (Å²) in [4.78, 5) is 0. The lowest BCUT2D eigenvalue weighted by atomic mass is 10.00. The topological polar surface area (TPSA) is 46.2 Å². The van der Waals surface area contributed by atoms with Crippen molar-refractivity contribution in [2.45, 2.75) is 18.1 Å². The van der Waals surface area contributed by atoms with E-state index in [0.717, 1.165) is 12.1 Å². The fourth-order valence-electron chi connectivity index (χ4n) is 1.15. The third-order valence-corrected chi connectivity index (χ3v) is 2.59. The van der Waals surface area contributed by atoms with Crippen molar-refractivity contribution in [2.24, 2.45) is 5.73 Å². The lowest BCUT2D eigenvalue weighted by Gasteiger charge is -2.26. The maximum atomic E-state index is 12.9. The Bertz CT molecular complexity index is 420. The molecule has 2 nitrogen and oxygen atoms in total.